The molecule has 3 rings (SSSR count). The molecule has 1 atom stereocenters. The molecule has 0 aliphatic heterocycles. The third kappa shape index (κ3) is 4.47. The number of thiazole rings is 1. The first-order valence-electron chi connectivity index (χ1n) is 8.40. The Morgan fingerprint density at radius 2 is 2.00 bits per heavy atom. The van der Waals surface area contributed by atoms with Crippen molar-refractivity contribution in [1.82, 2.24) is 10.3 Å². The molecule has 0 spiro atoms. The maximum absolute atomic E-state index is 12.4. The Morgan fingerprint density at radius 3 is 2.69 bits per heavy atom. The van der Waals surface area contributed by atoms with E-state index in [-0.39, 0.29) is 18.4 Å². The molecule has 0 radical (unpaired) electrons. The van der Waals surface area contributed by atoms with E-state index in [0.29, 0.717) is 11.3 Å². The molecule has 26 heavy (non-hydrogen) atoms. The smallest absolute Gasteiger partial charge is 0.328 e. The number of aromatic nitrogens is 1. The molecular weight excluding hydrogens is 368 g/mol. The summed E-state index contributed by atoms with van der Waals surface area (Å²) in [5.74, 6) is -0.721. The van der Waals surface area contributed by atoms with E-state index in [9.17, 15) is 9.59 Å². The second kappa shape index (κ2) is 8.42. The summed E-state index contributed by atoms with van der Waals surface area (Å²) in [7, 11) is 0. The maximum atomic E-state index is 12.4. The second-order valence-electron chi connectivity index (χ2n) is 6.17. The van der Waals surface area contributed by atoms with Gasteiger partial charge in [-0.15, -0.1) is 22.7 Å². The number of nitrogens with one attached hydrogen (secondary N) is 1. The zero-order valence-corrected chi connectivity index (χ0v) is 16.2. The molecule has 2 heterocycles. The molecule has 0 aliphatic carbocycles. The fourth-order valence-electron chi connectivity index (χ4n) is 2.47. The van der Waals surface area contributed by atoms with Crippen LogP contribution in [0.2, 0.25) is 0 Å². The van der Waals surface area contributed by atoms with Crippen LogP contribution < -0.4 is 5.32 Å². The van der Waals surface area contributed by atoms with E-state index in [4.69, 9.17) is 4.74 Å². The van der Waals surface area contributed by atoms with Crippen LogP contribution in [-0.4, -0.2) is 29.5 Å². The van der Waals surface area contributed by atoms with Gasteiger partial charge in [-0.05, 0) is 29.5 Å². The van der Waals surface area contributed by atoms with Gasteiger partial charge in [0.05, 0.1) is 26.7 Å². The molecule has 0 aliphatic rings. The van der Waals surface area contributed by atoms with Crippen molar-refractivity contribution >= 4 is 44.8 Å². The number of amides is 1. The summed E-state index contributed by atoms with van der Waals surface area (Å²) in [4.78, 5) is 29.7. The molecule has 1 amide bonds. The number of hydrogen-bond donors (Lipinski definition) is 1. The van der Waals surface area contributed by atoms with Crippen LogP contribution in [-0.2, 0) is 16.0 Å². The molecule has 0 saturated carbocycles. The molecule has 1 N–H and O–H groups in total. The number of rotatable bonds is 7. The highest BCUT2D eigenvalue weighted by atomic mass is 32.1. The van der Waals surface area contributed by atoms with Crippen LogP contribution in [0.4, 0.5) is 0 Å². The number of hydrogen-bond acceptors (Lipinski definition) is 6. The highest BCUT2D eigenvalue weighted by Crippen LogP contribution is 2.21. The summed E-state index contributed by atoms with van der Waals surface area (Å²) in [6, 6.07) is 10.8. The number of carbonyl (C=O) groups is 2. The predicted molar refractivity (Wildman–Crippen MR) is 105 cm³/mol. The van der Waals surface area contributed by atoms with Crippen molar-refractivity contribution in [3.05, 3.63) is 51.7 Å². The zero-order chi connectivity index (χ0) is 18.5. The van der Waals surface area contributed by atoms with Gasteiger partial charge in [0.15, 0.2) is 0 Å². The van der Waals surface area contributed by atoms with Crippen molar-refractivity contribution in [1.29, 1.82) is 0 Å². The molecule has 0 saturated heterocycles. The minimum atomic E-state index is -0.667. The van der Waals surface area contributed by atoms with Gasteiger partial charge >= 0.3 is 5.97 Å². The molecule has 0 fully saturated rings. The lowest BCUT2D eigenvalue weighted by atomic mass is 10.0. The van der Waals surface area contributed by atoms with Crippen LogP contribution in [0.1, 0.15) is 28.5 Å². The Labute approximate surface area is 160 Å². The number of nitrogens with zero attached hydrogens (tertiary/aromatic N) is 1. The van der Waals surface area contributed by atoms with Gasteiger partial charge < -0.3 is 10.1 Å². The monoisotopic (exact) mass is 388 g/mol. The summed E-state index contributed by atoms with van der Waals surface area (Å²) < 4.78 is 6.52. The van der Waals surface area contributed by atoms with Gasteiger partial charge in [0.1, 0.15) is 6.04 Å². The van der Waals surface area contributed by atoms with Crippen LogP contribution in [0.3, 0.4) is 0 Å². The SMILES string of the molecule is CC(C)C(NC(=O)c1cccs1)C(=O)OCCc1nc2ccccc2s1. The summed E-state index contributed by atoms with van der Waals surface area (Å²) in [6.07, 6.45) is 0.564. The Bertz CT molecular complexity index is 854. The van der Waals surface area contributed by atoms with Crippen molar-refractivity contribution in [3.8, 4) is 0 Å². The molecule has 5 nitrogen and oxygen atoms in total. The number of thiophene rings is 1. The van der Waals surface area contributed by atoms with E-state index in [1.807, 2.05) is 43.5 Å². The lowest BCUT2D eigenvalue weighted by Crippen LogP contribution is -2.45. The number of ether oxygens (including phenoxy) is 1. The topological polar surface area (TPSA) is 68.3 Å². The number of fused-ring (bicyclic) bond motifs is 1. The van der Waals surface area contributed by atoms with Crippen molar-refractivity contribution in [3.63, 3.8) is 0 Å². The first-order chi connectivity index (χ1) is 12.5. The van der Waals surface area contributed by atoms with Crippen LogP contribution in [0, 0.1) is 5.92 Å². The van der Waals surface area contributed by atoms with Crippen LogP contribution >= 0.6 is 22.7 Å². The Kier molecular flexibility index (Phi) is 6.00. The molecule has 0 bridgehead atoms. The van der Waals surface area contributed by atoms with Gasteiger partial charge in [-0.25, -0.2) is 9.78 Å². The van der Waals surface area contributed by atoms with Gasteiger partial charge in [-0.2, -0.15) is 0 Å². The standard InChI is InChI=1S/C19H20N2O3S2/c1-12(2)17(21-18(22)15-8-5-11-25-15)19(23)24-10-9-16-20-13-6-3-4-7-14(13)26-16/h3-8,11-12,17H,9-10H2,1-2H3,(H,21,22). The number of para-hydroxylation sites is 1. The number of carbonyl (C=O) groups excluding carboxylic acids is 2. The molecule has 136 valence electrons. The second-order valence-corrected chi connectivity index (χ2v) is 8.23. The Hall–Kier alpha value is -2.25. The summed E-state index contributed by atoms with van der Waals surface area (Å²) in [5.41, 5.74) is 0.960. The van der Waals surface area contributed by atoms with Gasteiger partial charge in [-0.1, -0.05) is 32.0 Å². The Balaban J connectivity index is 1.55. The quantitative estimate of drug-likeness (QED) is 0.623. The van der Waals surface area contributed by atoms with Gasteiger partial charge in [0.2, 0.25) is 0 Å². The Morgan fingerprint density at radius 1 is 1.19 bits per heavy atom. The minimum absolute atomic E-state index is 0.0612. The van der Waals surface area contributed by atoms with Crippen molar-refractivity contribution in [2.24, 2.45) is 5.92 Å². The molecule has 2 aromatic heterocycles. The van der Waals surface area contributed by atoms with E-state index in [1.165, 1.54) is 11.3 Å². The maximum Gasteiger partial charge on any atom is 0.328 e. The minimum Gasteiger partial charge on any atom is -0.464 e. The van der Waals surface area contributed by atoms with Crippen molar-refractivity contribution < 1.29 is 14.3 Å². The largest absolute Gasteiger partial charge is 0.464 e. The number of esters is 1. The first-order valence-corrected chi connectivity index (χ1v) is 10.1. The molecule has 1 unspecified atom stereocenters. The van der Waals surface area contributed by atoms with E-state index >= 15 is 0 Å². The van der Waals surface area contributed by atoms with Crippen LogP contribution in [0.25, 0.3) is 10.2 Å². The van der Waals surface area contributed by atoms with Gasteiger partial charge in [0, 0.05) is 6.42 Å². The number of benzene rings is 1. The molecule has 7 heteroatoms. The fourth-order valence-corrected chi connectivity index (χ4v) is 4.05. The van der Waals surface area contributed by atoms with E-state index in [1.54, 1.807) is 23.5 Å². The van der Waals surface area contributed by atoms with E-state index < -0.39 is 12.0 Å². The van der Waals surface area contributed by atoms with Crippen LogP contribution in [0.5, 0.6) is 0 Å². The highest BCUT2D eigenvalue weighted by molar-refractivity contribution is 7.18. The van der Waals surface area contributed by atoms with Gasteiger partial charge in [0.25, 0.3) is 5.91 Å². The highest BCUT2D eigenvalue weighted by Gasteiger charge is 2.26. The van der Waals surface area contributed by atoms with Gasteiger partial charge in [-0.3, -0.25) is 4.79 Å². The summed E-state index contributed by atoms with van der Waals surface area (Å²) >= 11 is 2.94. The van der Waals surface area contributed by atoms with E-state index in [0.717, 1.165) is 15.2 Å². The van der Waals surface area contributed by atoms with Crippen LogP contribution in [0.15, 0.2) is 41.8 Å². The molecule has 1 aromatic carbocycles. The normalized spacial score (nSPS) is 12.3. The van der Waals surface area contributed by atoms with E-state index in [2.05, 4.69) is 10.3 Å². The predicted octanol–water partition coefficient (Wildman–Crippen LogP) is 3.90. The summed E-state index contributed by atoms with van der Waals surface area (Å²) in [5, 5.41) is 5.53. The lowest BCUT2D eigenvalue weighted by Gasteiger charge is -2.20. The van der Waals surface area contributed by atoms with Crippen molar-refractivity contribution in [2.75, 3.05) is 6.61 Å². The third-order valence-corrected chi connectivity index (χ3v) is 5.82. The fraction of sp³-hybridized carbons (Fsp3) is 0.316. The summed E-state index contributed by atoms with van der Waals surface area (Å²) in [6.45, 7) is 4.01. The van der Waals surface area contributed by atoms with Crippen molar-refractivity contribution in [2.45, 2.75) is 26.3 Å². The first kappa shape index (κ1) is 18.5. The zero-order valence-electron chi connectivity index (χ0n) is 14.6. The lowest BCUT2D eigenvalue weighted by molar-refractivity contribution is -0.147. The third-order valence-electron chi connectivity index (χ3n) is 3.85. The molecular formula is C19H20N2O3S2. The average Bonchev–Trinajstić information content (AvgIpc) is 3.28. The average molecular weight is 389 g/mol. The molecule has 3 aromatic rings.